The second kappa shape index (κ2) is 6.89. The number of anilines is 1. The molecular formula is C14H21ClN2O2. The average Bonchev–Trinajstić information content (AvgIpc) is 2.39. The maximum Gasteiger partial charge on any atom is 0.256 e. The van der Waals surface area contributed by atoms with Gasteiger partial charge in [0.25, 0.3) is 5.91 Å². The SMILES string of the molecule is COC1(C(=O)Nc2cccc(C)c2)CCNCC1.Cl. The van der Waals surface area contributed by atoms with Gasteiger partial charge >= 0.3 is 0 Å². The van der Waals surface area contributed by atoms with Crippen molar-refractivity contribution in [3.63, 3.8) is 0 Å². The Hall–Kier alpha value is -1.10. The number of ether oxygens (including phenoxy) is 1. The van der Waals surface area contributed by atoms with Crippen LogP contribution in [0.4, 0.5) is 5.69 Å². The fraction of sp³-hybridized carbons (Fsp3) is 0.500. The van der Waals surface area contributed by atoms with Gasteiger partial charge in [0, 0.05) is 12.8 Å². The predicted molar refractivity (Wildman–Crippen MR) is 78.9 cm³/mol. The van der Waals surface area contributed by atoms with Crippen molar-refractivity contribution in [2.75, 3.05) is 25.5 Å². The summed E-state index contributed by atoms with van der Waals surface area (Å²) >= 11 is 0. The summed E-state index contributed by atoms with van der Waals surface area (Å²) in [5.74, 6) is -0.0444. The highest BCUT2D eigenvalue weighted by Crippen LogP contribution is 2.24. The van der Waals surface area contributed by atoms with E-state index in [4.69, 9.17) is 4.74 Å². The van der Waals surface area contributed by atoms with Crippen LogP contribution < -0.4 is 10.6 Å². The topological polar surface area (TPSA) is 50.4 Å². The molecule has 0 radical (unpaired) electrons. The van der Waals surface area contributed by atoms with Crippen molar-refractivity contribution >= 4 is 24.0 Å². The summed E-state index contributed by atoms with van der Waals surface area (Å²) < 4.78 is 5.49. The first-order valence-electron chi connectivity index (χ1n) is 6.30. The van der Waals surface area contributed by atoms with Gasteiger partial charge in [-0.1, -0.05) is 12.1 Å². The van der Waals surface area contributed by atoms with Crippen molar-refractivity contribution in [2.24, 2.45) is 0 Å². The Morgan fingerprint density at radius 2 is 2.05 bits per heavy atom. The zero-order valence-electron chi connectivity index (χ0n) is 11.4. The molecule has 106 valence electrons. The number of methoxy groups -OCH3 is 1. The van der Waals surface area contributed by atoms with E-state index in [1.54, 1.807) is 7.11 Å². The third-order valence-corrected chi connectivity index (χ3v) is 3.49. The molecule has 0 bridgehead atoms. The Labute approximate surface area is 120 Å². The molecule has 5 heteroatoms. The highest BCUT2D eigenvalue weighted by molar-refractivity contribution is 5.97. The first-order valence-corrected chi connectivity index (χ1v) is 6.30. The smallest absolute Gasteiger partial charge is 0.256 e. The van der Waals surface area contributed by atoms with Gasteiger partial charge in [-0.2, -0.15) is 0 Å². The molecule has 4 nitrogen and oxygen atoms in total. The minimum atomic E-state index is -0.686. The normalized spacial score (nSPS) is 17.4. The van der Waals surface area contributed by atoms with Gasteiger partial charge in [0.15, 0.2) is 0 Å². The van der Waals surface area contributed by atoms with Crippen LogP contribution in [0, 0.1) is 6.92 Å². The largest absolute Gasteiger partial charge is 0.368 e. The maximum absolute atomic E-state index is 12.4. The van der Waals surface area contributed by atoms with E-state index >= 15 is 0 Å². The fourth-order valence-corrected chi connectivity index (χ4v) is 2.32. The molecule has 0 unspecified atom stereocenters. The van der Waals surface area contributed by atoms with E-state index in [0.717, 1.165) is 24.3 Å². The zero-order valence-corrected chi connectivity index (χ0v) is 12.2. The molecule has 1 heterocycles. The molecule has 1 amide bonds. The Balaban J connectivity index is 0.00000180. The van der Waals surface area contributed by atoms with Gasteiger partial charge in [-0.05, 0) is 50.6 Å². The Morgan fingerprint density at radius 1 is 1.37 bits per heavy atom. The predicted octanol–water partition coefficient (Wildman–Crippen LogP) is 2.12. The van der Waals surface area contributed by atoms with Crippen molar-refractivity contribution in [2.45, 2.75) is 25.4 Å². The molecule has 0 atom stereocenters. The number of halogens is 1. The lowest BCUT2D eigenvalue weighted by Crippen LogP contribution is -2.51. The summed E-state index contributed by atoms with van der Waals surface area (Å²) in [6, 6.07) is 7.80. The molecule has 0 saturated carbocycles. The van der Waals surface area contributed by atoms with Gasteiger partial charge in [0.2, 0.25) is 0 Å². The first kappa shape index (κ1) is 16.0. The number of nitrogens with one attached hydrogen (secondary N) is 2. The van der Waals surface area contributed by atoms with Gasteiger partial charge in [0.1, 0.15) is 5.60 Å². The Bertz CT molecular complexity index is 431. The molecule has 1 aromatic rings. The Kier molecular flexibility index (Phi) is 5.79. The third-order valence-electron chi connectivity index (χ3n) is 3.49. The number of benzene rings is 1. The highest BCUT2D eigenvalue weighted by Gasteiger charge is 2.39. The van der Waals surface area contributed by atoms with Gasteiger partial charge in [-0.3, -0.25) is 4.79 Å². The summed E-state index contributed by atoms with van der Waals surface area (Å²) in [5, 5.41) is 6.19. The van der Waals surface area contributed by atoms with Crippen LogP contribution in [0.15, 0.2) is 24.3 Å². The van der Waals surface area contributed by atoms with Gasteiger partial charge < -0.3 is 15.4 Å². The van der Waals surface area contributed by atoms with Crippen molar-refractivity contribution in [1.82, 2.24) is 5.32 Å². The summed E-state index contributed by atoms with van der Waals surface area (Å²) in [6.07, 6.45) is 1.42. The lowest BCUT2D eigenvalue weighted by molar-refractivity contribution is -0.140. The number of piperidine rings is 1. The van der Waals surface area contributed by atoms with E-state index in [-0.39, 0.29) is 18.3 Å². The number of aryl methyl sites for hydroxylation is 1. The number of carbonyl (C=O) groups excluding carboxylic acids is 1. The summed E-state index contributed by atoms with van der Waals surface area (Å²) in [6.45, 7) is 3.64. The number of carbonyl (C=O) groups is 1. The van der Waals surface area contributed by atoms with Crippen molar-refractivity contribution < 1.29 is 9.53 Å². The third kappa shape index (κ3) is 3.69. The van der Waals surface area contributed by atoms with Crippen LogP contribution in [0.3, 0.4) is 0 Å². The van der Waals surface area contributed by atoms with Crippen LogP contribution in [0.1, 0.15) is 18.4 Å². The number of hydrogen-bond donors (Lipinski definition) is 2. The van der Waals surface area contributed by atoms with E-state index in [2.05, 4.69) is 10.6 Å². The minimum Gasteiger partial charge on any atom is -0.368 e. The van der Waals surface area contributed by atoms with E-state index in [1.807, 2.05) is 31.2 Å². The Morgan fingerprint density at radius 3 is 2.63 bits per heavy atom. The quantitative estimate of drug-likeness (QED) is 0.894. The molecule has 19 heavy (non-hydrogen) atoms. The second-order valence-electron chi connectivity index (χ2n) is 4.77. The van der Waals surface area contributed by atoms with Gasteiger partial charge in [-0.15, -0.1) is 12.4 Å². The molecule has 0 spiro atoms. The van der Waals surface area contributed by atoms with E-state index in [0.29, 0.717) is 12.8 Å². The van der Waals surface area contributed by atoms with Crippen LogP contribution in [0.25, 0.3) is 0 Å². The lowest BCUT2D eigenvalue weighted by Gasteiger charge is -2.34. The molecule has 2 rings (SSSR count). The summed E-state index contributed by atoms with van der Waals surface area (Å²) in [5.41, 5.74) is 1.27. The monoisotopic (exact) mass is 284 g/mol. The number of hydrogen-bond acceptors (Lipinski definition) is 3. The van der Waals surface area contributed by atoms with Crippen LogP contribution in [0.5, 0.6) is 0 Å². The van der Waals surface area contributed by atoms with Crippen LogP contribution in [-0.2, 0) is 9.53 Å². The standard InChI is InChI=1S/C14H20N2O2.ClH/c1-11-4-3-5-12(10-11)16-13(17)14(18-2)6-8-15-9-7-14;/h3-5,10,15H,6-9H2,1-2H3,(H,16,17);1H. The minimum absolute atomic E-state index is 0. The molecule has 0 aliphatic carbocycles. The van der Waals surface area contributed by atoms with Gasteiger partial charge in [0.05, 0.1) is 0 Å². The number of rotatable bonds is 3. The van der Waals surface area contributed by atoms with Crippen LogP contribution >= 0.6 is 12.4 Å². The fourth-order valence-electron chi connectivity index (χ4n) is 2.32. The molecule has 1 aliphatic heterocycles. The molecular weight excluding hydrogens is 264 g/mol. The zero-order chi connectivity index (χ0) is 13.0. The van der Waals surface area contributed by atoms with E-state index < -0.39 is 5.60 Å². The van der Waals surface area contributed by atoms with E-state index in [1.165, 1.54) is 0 Å². The molecule has 2 N–H and O–H groups in total. The summed E-state index contributed by atoms with van der Waals surface area (Å²) in [4.78, 5) is 12.4. The van der Waals surface area contributed by atoms with E-state index in [9.17, 15) is 4.79 Å². The van der Waals surface area contributed by atoms with Crippen molar-refractivity contribution in [1.29, 1.82) is 0 Å². The molecule has 1 aliphatic rings. The van der Waals surface area contributed by atoms with Crippen LogP contribution in [-0.4, -0.2) is 31.7 Å². The van der Waals surface area contributed by atoms with Crippen LogP contribution in [0.2, 0.25) is 0 Å². The molecule has 1 saturated heterocycles. The first-order chi connectivity index (χ1) is 8.66. The molecule has 1 fully saturated rings. The molecule has 1 aromatic carbocycles. The molecule has 0 aromatic heterocycles. The van der Waals surface area contributed by atoms with Crippen molar-refractivity contribution in [3.05, 3.63) is 29.8 Å². The highest BCUT2D eigenvalue weighted by atomic mass is 35.5. The lowest BCUT2D eigenvalue weighted by atomic mass is 9.91. The number of amides is 1. The second-order valence-corrected chi connectivity index (χ2v) is 4.77. The maximum atomic E-state index is 12.4. The average molecular weight is 285 g/mol. The van der Waals surface area contributed by atoms with Gasteiger partial charge in [-0.25, -0.2) is 0 Å². The summed E-state index contributed by atoms with van der Waals surface area (Å²) in [7, 11) is 1.61. The van der Waals surface area contributed by atoms with Crippen molar-refractivity contribution in [3.8, 4) is 0 Å².